The molecule has 76 valence electrons. The van der Waals surface area contributed by atoms with E-state index in [1.54, 1.807) is 11.8 Å². The summed E-state index contributed by atoms with van der Waals surface area (Å²) in [5.41, 5.74) is 1.27. The molecule has 0 N–H and O–H groups in total. The zero-order chi connectivity index (χ0) is 10.9. The summed E-state index contributed by atoms with van der Waals surface area (Å²) in [5, 5.41) is 11.4. The number of benzene rings is 1. The normalized spacial score (nSPS) is 8.80. The fourth-order valence-corrected chi connectivity index (χ4v) is 1.57. The van der Waals surface area contributed by atoms with Crippen molar-refractivity contribution in [3.05, 3.63) is 29.8 Å². The molecule has 1 rings (SSSR count). The molecule has 1 nitrogen and oxygen atoms in total. The molecule has 0 aliphatic heterocycles. The molecule has 0 bridgehead atoms. The molecule has 0 amide bonds. The van der Waals surface area contributed by atoms with Crippen LogP contribution in [0.4, 0.5) is 0 Å². The largest absolute Gasteiger partial charge is 0.198 e. The van der Waals surface area contributed by atoms with Crippen molar-refractivity contribution in [2.75, 3.05) is 0 Å². The van der Waals surface area contributed by atoms with Gasteiger partial charge in [0.1, 0.15) is 0 Å². The number of hydrogen-bond donors (Lipinski definition) is 0. The van der Waals surface area contributed by atoms with Gasteiger partial charge in [-0.1, -0.05) is 23.6 Å². The van der Waals surface area contributed by atoms with E-state index in [-0.39, 0.29) is 0 Å². The molecule has 0 unspecified atom stereocenters. The van der Waals surface area contributed by atoms with E-state index >= 15 is 0 Å². The second-order valence-electron chi connectivity index (χ2n) is 3.21. The highest BCUT2D eigenvalue weighted by Crippen LogP contribution is 2.16. The number of aryl methyl sites for hydroxylation is 1. The summed E-state index contributed by atoms with van der Waals surface area (Å²) in [7, 11) is 0. The molecule has 0 saturated heterocycles. The number of rotatable bonds is 3. The first-order chi connectivity index (χ1) is 7.33. The molecule has 0 spiro atoms. The molecule has 0 aliphatic rings. The van der Waals surface area contributed by atoms with Gasteiger partial charge in [0.25, 0.3) is 0 Å². The summed E-state index contributed by atoms with van der Waals surface area (Å²) >= 11 is 1.54. The topological polar surface area (TPSA) is 23.8 Å². The van der Waals surface area contributed by atoms with Gasteiger partial charge in [-0.25, -0.2) is 0 Å². The molecule has 1 aromatic rings. The van der Waals surface area contributed by atoms with Crippen molar-refractivity contribution >= 4 is 11.8 Å². The smallest absolute Gasteiger partial charge is 0.0622 e. The molecule has 0 saturated carbocycles. The number of thioether (sulfide) groups is 1. The third-order valence-corrected chi connectivity index (χ3v) is 2.61. The van der Waals surface area contributed by atoms with Gasteiger partial charge in [-0.2, -0.15) is 5.26 Å². The number of hydrogen-bond acceptors (Lipinski definition) is 2. The predicted octanol–water partition coefficient (Wildman–Crippen LogP) is 3.74. The minimum absolute atomic E-state index is 0.601. The van der Waals surface area contributed by atoms with Crippen LogP contribution in [0.1, 0.15) is 24.8 Å². The Morgan fingerprint density at radius 2 is 1.93 bits per heavy atom. The van der Waals surface area contributed by atoms with Crippen LogP contribution in [0.3, 0.4) is 0 Å². The molecule has 0 aromatic heterocycles. The van der Waals surface area contributed by atoms with Crippen LogP contribution in [0.2, 0.25) is 0 Å². The van der Waals surface area contributed by atoms with Crippen LogP contribution in [0.25, 0.3) is 0 Å². The molecular weight excluding hydrogens is 202 g/mol. The monoisotopic (exact) mass is 215 g/mol. The maximum absolute atomic E-state index is 8.32. The Hall–Kier alpha value is -1.38. The first-order valence-electron chi connectivity index (χ1n) is 4.91. The van der Waals surface area contributed by atoms with E-state index in [0.29, 0.717) is 6.42 Å². The average molecular weight is 215 g/mol. The first kappa shape index (κ1) is 11.7. The van der Waals surface area contributed by atoms with Gasteiger partial charge in [0.15, 0.2) is 0 Å². The van der Waals surface area contributed by atoms with Gasteiger partial charge in [-0.3, -0.25) is 0 Å². The summed E-state index contributed by atoms with van der Waals surface area (Å²) in [6, 6.07) is 10.4. The Bertz CT molecular complexity index is 389. The zero-order valence-corrected chi connectivity index (χ0v) is 9.60. The van der Waals surface area contributed by atoms with Gasteiger partial charge in [0.05, 0.1) is 6.07 Å². The highest BCUT2D eigenvalue weighted by molar-refractivity contribution is 8.03. The maximum Gasteiger partial charge on any atom is 0.0622 e. The Labute approximate surface area is 95.5 Å². The Kier molecular flexibility index (Phi) is 5.44. The lowest BCUT2D eigenvalue weighted by Gasteiger charge is -1.94. The third kappa shape index (κ3) is 5.15. The minimum atomic E-state index is 0.601. The number of nitrogens with zero attached hydrogens (tertiary/aromatic N) is 1. The maximum atomic E-state index is 8.32. The van der Waals surface area contributed by atoms with Crippen LogP contribution < -0.4 is 0 Å². The van der Waals surface area contributed by atoms with Crippen LogP contribution >= 0.6 is 11.8 Å². The Balaban J connectivity index is 2.31. The van der Waals surface area contributed by atoms with E-state index in [1.807, 2.05) is 0 Å². The second-order valence-corrected chi connectivity index (χ2v) is 4.09. The summed E-state index contributed by atoms with van der Waals surface area (Å²) < 4.78 is 0. The lowest BCUT2D eigenvalue weighted by atomic mass is 10.2. The molecule has 0 atom stereocenters. The van der Waals surface area contributed by atoms with Crippen molar-refractivity contribution < 1.29 is 0 Å². The Morgan fingerprint density at radius 3 is 2.60 bits per heavy atom. The van der Waals surface area contributed by atoms with Crippen LogP contribution in [0.15, 0.2) is 29.2 Å². The van der Waals surface area contributed by atoms with E-state index in [4.69, 9.17) is 5.26 Å². The minimum Gasteiger partial charge on any atom is -0.198 e. The fourth-order valence-electron chi connectivity index (χ4n) is 1.01. The predicted molar refractivity (Wildman–Crippen MR) is 64.3 cm³/mol. The van der Waals surface area contributed by atoms with Crippen molar-refractivity contribution in [2.24, 2.45) is 0 Å². The highest BCUT2D eigenvalue weighted by Gasteiger charge is 1.89. The summed E-state index contributed by atoms with van der Waals surface area (Å²) in [6.45, 7) is 2.07. The molecule has 0 fully saturated rings. The van der Waals surface area contributed by atoms with Crippen molar-refractivity contribution in [2.45, 2.75) is 31.1 Å². The molecular formula is C13H13NS. The van der Waals surface area contributed by atoms with Gasteiger partial charge in [0, 0.05) is 17.7 Å². The third-order valence-electron chi connectivity index (χ3n) is 1.85. The van der Waals surface area contributed by atoms with E-state index in [9.17, 15) is 0 Å². The van der Waals surface area contributed by atoms with E-state index in [1.165, 1.54) is 10.5 Å². The van der Waals surface area contributed by atoms with E-state index < -0.39 is 0 Å². The van der Waals surface area contributed by atoms with Gasteiger partial charge < -0.3 is 0 Å². The van der Waals surface area contributed by atoms with Crippen molar-refractivity contribution in [1.29, 1.82) is 5.26 Å². The number of unbranched alkanes of at least 4 members (excludes halogenated alkanes) is 2. The molecule has 0 heterocycles. The van der Waals surface area contributed by atoms with Crippen molar-refractivity contribution in [3.63, 3.8) is 0 Å². The number of nitriles is 1. The summed E-state index contributed by atoms with van der Waals surface area (Å²) in [5.74, 6) is 3.05. The molecule has 0 radical (unpaired) electrons. The quantitative estimate of drug-likeness (QED) is 0.435. The van der Waals surface area contributed by atoms with Crippen molar-refractivity contribution in [1.82, 2.24) is 0 Å². The fraction of sp³-hybridized carbons (Fsp3) is 0.308. The first-order valence-corrected chi connectivity index (χ1v) is 5.73. The SMILES string of the molecule is Cc1ccc(SC#CCCCC#N)cc1. The zero-order valence-electron chi connectivity index (χ0n) is 8.79. The summed E-state index contributed by atoms with van der Waals surface area (Å²) in [6.07, 6.45) is 2.29. The van der Waals surface area contributed by atoms with E-state index in [0.717, 1.165) is 12.8 Å². The van der Waals surface area contributed by atoms with Crippen LogP contribution in [0, 0.1) is 29.4 Å². The van der Waals surface area contributed by atoms with Gasteiger partial charge in [-0.15, -0.1) is 0 Å². The Morgan fingerprint density at radius 1 is 1.20 bits per heavy atom. The molecule has 1 aromatic carbocycles. The lowest BCUT2D eigenvalue weighted by molar-refractivity contribution is 0.894. The standard InChI is InChI=1S/C13H13NS/c1-12-6-8-13(9-7-12)15-11-5-3-2-4-10-14/h6-9H,2-4H2,1H3. The molecule has 15 heavy (non-hydrogen) atoms. The van der Waals surface area contributed by atoms with Gasteiger partial charge >= 0.3 is 0 Å². The van der Waals surface area contributed by atoms with Crippen LogP contribution in [-0.4, -0.2) is 0 Å². The van der Waals surface area contributed by atoms with E-state index in [2.05, 4.69) is 48.4 Å². The van der Waals surface area contributed by atoms with Crippen LogP contribution in [0.5, 0.6) is 0 Å². The van der Waals surface area contributed by atoms with Gasteiger partial charge in [0.2, 0.25) is 0 Å². The average Bonchev–Trinajstić information content (AvgIpc) is 2.26. The highest BCUT2D eigenvalue weighted by atomic mass is 32.2. The second kappa shape index (κ2) is 6.98. The molecule has 2 heteroatoms. The van der Waals surface area contributed by atoms with Crippen molar-refractivity contribution in [3.8, 4) is 17.2 Å². The summed E-state index contributed by atoms with van der Waals surface area (Å²) in [4.78, 5) is 1.17. The lowest BCUT2D eigenvalue weighted by Crippen LogP contribution is -1.71. The van der Waals surface area contributed by atoms with Gasteiger partial charge in [-0.05, 0) is 42.5 Å². The molecule has 0 aliphatic carbocycles. The van der Waals surface area contributed by atoms with Crippen LogP contribution in [-0.2, 0) is 0 Å².